The predicted octanol–water partition coefficient (Wildman–Crippen LogP) is 4.57. The van der Waals surface area contributed by atoms with Crippen molar-refractivity contribution in [1.29, 1.82) is 0 Å². The number of nitrogens with zero attached hydrogens (tertiary/aromatic N) is 4. The number of hydrogen-bond donors (Lipinski definition) is 1. The molecule has 14 heteroatoms. The Kier molecular flexibility index (Phi) is 9.44. The molecule has 7 rings (SSSR count). The second-order valence-corrected chi connectivity index (χ2v) is 16.5. The fourth-order valence-electron chi connectivity index (χ4n) is 8.24. The number of benzene rings is 3. The second-order valence-electron chi connectivity index (χ2n) is 13.5. The predicted molar refractivity (Wildman–Crippen MR) is 189 cm³/mol. The van der Waals surface area contributed by atoms with Crippen molar-refractivity contribution in [3.05, 3.63) is 98.8 Å². The minimum absolute atomic E-state index is 0.0961. The van der Waals surface area contributed by atoms with Crippen molar-refractivity contribution in [3.8, 4) is 0 Å². The number of amides is 3. The highest BCUT2D eigenvalue weighted by atomic mass is 35.5. The summed E-state index contributed by atoms with van der Waals surface area (Å²) in [6, 6.07) is 15.5. The van der Waals surface area contributed by atoms with Gasteiger partial charge in [-0.25, -0.2) is 17.1 Å². The first-order valence-corrected chi connectivity index (χ1v) is 19.2. The number of likely N-dealkylation sites (tertiary alicyclic amines) is 1. The lowest BCUT2D eigenvalue weighted by Gasteiger charge is -2.52. The lowest BCUT2D eigenvalue weighted by atomic mass is 9.58. The summed E-state index contributed by atoms with van der Waals surface area (Å²) in [6.07, 6.45) is 0.541. The molecule has 3 atom stereocenters. The van der Waals surface area contributed by atoms with Gasteiger partial charge in [0.15, 0.2) is 0 Å². The highest BCUT2D eigenvalue weighted by molar-refractivity contribution is 7.89. The molecule has 3 amide bonds. The van der Waals surface area contributed by atoms with E-state index >= 15 is 4.39 Å². The highest BCUT2D eigenvalue weighted by Crippen LogP contribution is 2.60. The number of hydrogen-bond acceptors (Lipinski definition) is 6. The first kappa shape index (κ1) is 34.9. The van der Waals surface area contributed by atoms with Crippen LogP contribution in [0.1, 0.15) is 47.1 Å². The molecule has 1 N–H and O–H groups in total. The number of piperazine rings is 1. The Morgan fingerprint density at radius 3 is 2.44 bits per heavy atom. The van der Waals surface area contributed by atoms with Crippen LogP contribution in [0.25, 0.3) is 0 Å². The van der Waals surface area contributed by atoms with Crippen LogP contribution < -0.4 is 5.32 Å². The van der Waals surface area contributed by atoms with Crippen molar-refractivity contribution in [2.24, 2.45) is 0 Å². The Bertz CT molecular complexity index is 1970. The van der Waals surface area contributed by atoms with Crippen LogP contribution in [0.4, 0.5) is 10.1 Å². The van der Waals surface area contributed by atoms with Gasteiger partial charge in [0, 0.05) is 73.9 Å². The number of nitrogens with one attached hydrogen (secondary N) is 1. The minimum atomic E-state index is -3.19. The SMILES string of the molecule is Cc1ccc(F)cc1[C@H]1N(CC(=O)N2CCN(CCN3CCCS3(=O)=O)CC2)C(=O)C[C@@H](c2cccc(Cl)c2)[C@]12C(=O)Nc1cc(Cl)ccc12. The molecule has 0 aromatic heterocycles. The molecular formula is C36H38Cl2FN5O5S. The molecule has 4 aliphatic heterocycles. The molecule has 3 aromatic rings. The van der Waals surface area contributed by atoms with Crippen LogP contribution >= 0.6 is 23.2 Å². The number of carbonyl (C=O) groups is 3. The molecule has 3 fully saturated rings. The molecule has 0 radical (unpaired) electrons. The van der Waals surface area contributed by atoms with Crippen LogP contribution in [-0.4, -0.2) is 103 Å². The van der Waals surface area contributed by atoms with Gasteiger partial charge in [0.25, 0.3) is 0 Å². The Labute approximate surface area is 301 Å². The highest BCUT2D eigenvalue weighted by Gasteiger charge is 2.64. The van der Waals surface area contributed by atoms with Crippen LogP contribution in [0, 0.1) is 12.7 Å². The molecule has 3 aromatic carbocycles. The molecule has 10 nitrogen and oxygen atoms in total. The molecule has 0 bridgehead atoms. The van der Waals surface area contributed by atoms with E-state index in [-0.39, 0.29) is 36.4 Å². The summed E-state index contributed by atoms with van der Waals surface area (Å²) in [5.74, 6) is -2.07. The van der Waals surface area contributed by atoms with Gasteiger partial charge in [-0.05, 0) is 72.0 Å². The summed E-state index contributed by atoms with van der Waals surface area (Å²) in [5.41, 5.74) is 1.39. The van der Waals surface area contributed by atoms with Gasteiger partial charge in [-0.15, -0.1) is 0 Å². The molecule has 264 valence electrons. The maximum atomic E-state index is 15.2. The second kappa shape index (κ2) is 13.5. The molecule has 4 aliphatic rings. The zero-order valence-corrected chi connectivity index (χ0v) is 29.9. The van der Waals surface area contributed by atoms with E-state index < -0.39 is 33.2 Å². The van der Waals surface area contributed by atoms with Crippen molar-refractivity contribution in [2.75, 3.05) is 63.4 Å². The van der Waals surface area contributed by atoms with Crippen LogP contribution in [-0.2, 0) is 29.8 Å². The first-order valence-electron chi connectivity index (χ1n) is 16.8. The average molecular weight is 743 g/mol. The number of aryl methyl sites for hydroxylation is 1. The zero-order valence-electron chi connectivity index (χ0n) is 27.6. The van der Waals surface area contributed by atoms with E-state index in [9.17, 15) is 22.8 Å². The summed E-state index contributed by atoms with van der Waals surface area (Å²) in [6.45, 7) is 4.91. The fourth-order valence-corrected chi connectivity index (χ4v) is 10.1. The molecule has 0 unspecified atom stereocenters. The topological polar surface area (TPSA) is 110 Å². The van der Waals surface area contributed by atoms with Crippen molar-refractivity contribution in [3.63, 3.8) is 0 Å². The molecule has 3 saturated heterocycles. The van der Waals surface area contributed by atoms with Gasteiger partial charge in [-0.1, -0.05) is 47.5 Å². The number of halogens is 3. The standard InChI is InChI=1S/C36H38Cl2FN5O5S/c1-23-6-8-27(39)20-28(23)34-36(29-9-7-26(38)19-31(29)40-35(36)47)30(24-4-2-5-25(37)18-24)21-32(45)44(34)22-33(46)42-14-11-41(12-15-42)13-16-43-10-3-17-50(43,48)49/h2,4-9,18-20,30,34H,3,10-17,21-22H2,1H3,(H,40,47)/t30-,34+,36-/m0/s1. The van der Waals surface area contributed by atoms with Gasteiger partial charge >= 0.3 is 0 Å². The molecular weight excluding hydrogens is 704 g/mol. The smallest absolute Gasteiger partial charge is 0.242 e. The molecule has 0 saturated carbocycles. The van der Waals surface area contributed by atoms with Crippen LogP contribution in [0.5, 0.6) is 0 Å². The Morgan fingerprint density at radius 2 is 1.72 bits per heavy atom. The number of piperidine rings is 1. The largest absolute Gasteiger partial charge is 0.339 e. The van der Waals surface area contributed by atoms with Gasteiger partial charge in [-0.2, -0.15) is 0 Å². The Morgan fingerprint density at radius 1 is 0.960 bits per heavy atom. The normalized spacial score (nSPS) is 25.3. The van der Waals surface area contributed by atoms with Crippen molar-refractivity contribution in [1.82, 2.24) is 19.0 Å². The van der Waals surface area contributed by atoms with Gasteiger partial charge < -0.3 is 15.1 Å². The maximum absolute atomic E-state index is 15.2. The third-order valence-electron chi connectivity index (χ3n) is 10.7. The molecule has 0 aliphatic carbocycles. The Hall–Kier alpha value is -3.55. The summed E-state index contributed by atoms with van der Waals surface area (Å²) < 4.78 is 41.2. The van der Waals surface area contributed by atoms with Crippen molar-refractivity contribution < 1.29 is 27.2 Å². The minimum Gasteiger partial charge on any atom is -0.339 e. The van der Waals surface area contributed by atoms with Gasteiger partial charge in [-0.3, -0.25) is 19.3 Å². The molecule has 1 spiro atoms. The first-order chi connectivity index (χ1) is 23.9. The van der Waals surface area contributed by atoms with E-state index in [0.29, 0.717) is 90.2 Å². The van der Waals surface area contributed by atoms with Gasteiger partial charge in [0.2, 0.25) is 27.7 Å². The van der Waals surface area contributed by atoms with Crippen molar-refractivity contribution in [2.45, 2.75) is 37.1 Å². The molecule has 50 heavy (non-hydrogen) atoms. The molecule has 4 heterocycles. The summed E-state index contributed by atoms with van der Waals surface area (Å²) in [7, 11) is -3.19. The fraction of sp³-hybridized carbons (Fsp3) is 0.417. The number of anilines is 1. The van der Waals surface area contributed by atoms with E-state index in [1.807, 2.05) is 6.07 Å². The Balaban J connectivity index is 1.24. The number of rotatable bonds is 7. The number of sulfonamides is 1. The lowest BCUT2D eigenvalue weighted by molar-refractivity contribution is -0.152. The third kappa shape index (κ3) is 6.19. The monoisotopic (exact) mass is 741 g/mol. The van der Waals surface area contributed by atoms with E-state index in [4.69, 9.17) is 23.2 Å². The summed E-state index contributed by atoms with van der Waals surface area (Å²) in [5, 5.41) is 3.87. The van der Waals surface area contributed by atoms with E-state index in [0.717, 1.165) is 0 Å². The van der Waals surface area contributed by atoms with E-state index in [1.54, 1.807) is 54.3 Å². The van der Waals surface area contributed by atoms with Crippen LogP contribution in [0.15, 0.2) is 60.7 Å². The number of fused-ring (bicyclic) bond motifs is 2. The van der Waals surface area contributed by atoms with E-state index in [1.165, 1.54) is 21.3 Å². The number of carbonyl (C=O) groups excluding carboxylic acids is 3. The quantitative estimate of drug-likeness (QED) is 0.380. The summed E-state index contributed by atoms with van der Waals surface area (Å²) >= 11 is 12.9. The van der Waals surface area contributed by atoms with Crippen LogP contribution in [0.3, 0.4) is 0 Å². The maximum Gasteiger partial charge on any atom is 0.242 e. The average Bonchev–Trinajstić information content (AvgIpc) is 3.57. The van der Waals surface area contributed by atoms with E-state index in [2.05, 4.69) is 10.2 Å². The van der Waals surface area contributed by atoms with Crippen LogP contribution in [0.2, 0.25) is 10.0 Å². The third-order valence-corrected chi connectivity index (χ3v) is 13.2. The summed E-state index contributed by atoms with van der Waals surface area (Å²) in [4.78, 5) is 48.5. The van der Waals surface area contributed by atoms with Gasteiger partial charge in [0.05, 0.1) is 11.8 Å². The zero-order chi connectivity index (χ0) is 35.4. The van der Waals surface area contributed by atoms with Crippen molar-refractivity contribution >= 4 is 56.6 Å². The van der Waals surface area contributed by atoms with Gasteiger partial charge in [0.1, 0.15) is 17.8 Å². The lowest BCUT2D eigenvalue weighted by Crippen LogP contribution is -2.61.